The summed E-state index contributed by atoms with van der Waals surface area (Å²) in [6, 6.07) is 1.53. The fourth-order valence-corrected chi connectivity index (χ4v) is 2.80. The average molecular weight is 363 g/mol. The average Bonchev–Trinajstić information content (AvgIpc) is 2.71. The molecule has 3 N–H and O–H groups in total. The number of carboxylic acid groups (broad SMARTS) is 1. The van der Waals surface area contributed by atoms with E-state index < -0.39 is 16.9 Å². The highest BCUT2D eigenvalue weighted by molar-refractivity contribution is 9.10. The van der Waals surface area contributed by atoms with Gasteiger partial charge in [-0.3, -0.25) is 4.79 Å². The van der Waals surface area contributed by atoms with E-state index in [1.165, 1.54) is 11.3 Å². The highest BCUT2D eigenvalue weighted by Gasteiger charge is 2.44. The maximum absolute atomic E-state index is 11.9. The molecule has 0 aliphatic heterocycles. The molecule has 0 radical (unpaired) electrons. The number of urea groups is 1. The number of hydrogen-bond donors (Lipinski definition) is 3. The molecule has 1 heterocycles. The lowest BCUT2D eigenvalue weighted by molar-refractivity contribution is -0.150. The van der Waals surface area contributed by atoms with Gasteiger partial charge in [0, 0.05) is 9.35 Å². The predicted octanol–water partition coefficient (Wildman–Crippen LogP) is 3.20. The van der Waals surface area contributed by atoms with E-state index in [0.29, 0.717) is 6.54 Å². The number of amides is 2. The van der Waals surface area contributed by atoms with E-state index in [1.54, 1.807) is 27.7 Å². The molecule has 5 nitrogen and oxygen atoms in total. The molecule has 0 saturated heterocycles. The van der Waals surface area contributed by atoms with Crippen LogP contribution in [0.2, 0.25) is 0 Å². The van der Waals surface area contributed by atoms with Crippen LogP contribution in [-0.2, 0) is 11.3 Å². The van der Waals surface area contributed by atoms with Gasteiger partial charge in [-0.25, -0.2) is 4.79 Å². The number of halogens is 1. The van der Waals surface area contributed by atoms with Gasteiger partial charge < -0.3 is 15.7 Å². The van der Waals surface area contributed by atoms with Crippen LogP contribution in [0.1, 0.15) is 32.6 Å². The molecule has 0 unspecified atom stereocenters. The molecule has 0 atom stereocenters. The molecule has 1 aromatic heterocycles. The van der Waals surface area contributed by atoms with E-state index >= 15 is 0 Å². The van der Waals surface area contributed by atoms with Crippen LogP contribution in [0.3, 0.4) is 0 Å². The van der Waals surface area contributed by atoms with Gasteiger partial charge in [0.15, 0.2) is 0 Å². The molecule has 20 heavy (non-hydrogen) atoms. The minimum Gasteiger partial charge on any atom is -0.481 e. The molecule has 7 heteroatoms. The Kier molecular flexibility index (Phi) is 5.21. The first kappa shape index (κ1) is 17.0. The number of hydrogen-bond acceptors (Lipinski definition) is 3. The van der Waals surface area contributed by atoms with Crippen LogP contribution in [0.5, 0.6) is 0 Å². The highest BCUT2D eigenvalue weighted by atomic mass is 79.9. The number of thiophene rings is 1. The molecule has 0 aliphatic carbocycles. The second kappa shape index (κ2) is 6.13. The Balaban J connectivity index is 2.62. The summed E-state index contributed by atoms with van der Waals surface area (Å²) in [7, 11) is 0. The molecule has 112 valence electrons. The molecule has 0 aliphatic rings. The Morgan fingerprint density at radius 2 is 1.95 bits per heavy atom. The molecule has 1 aromatic rings. The Bertz CT molecular complexity index is 511. The van der Waals surface area contributed by atoms with Crippen LogP contribution in [0.25, 0.3) is 0 Å². The number of carbonyl (C=O) groups is 2. The first-order chi connectivity index (χ1) is 9.08. The molecule has 1 rings (SSSR count). The zero-order valence-electron chi connectivity index (χ0n) is 11.9. The summed E-state index contributed by atoms with van der Waals surface area (Å²) in [5.41, 5.74) is -1.95. The van der Waals surface area contributed by atoms with Gasteiger partial charge in [0.2, 0.25) is 0 Å². The minimum atomic E-state index is -1.08. The van der Waals surface area contributed by atoms with Crippen molar-refractivity contribution >= 4 is 39.3 Å². The summed E-state index contributed by atoms with van der Waals surface area (Å²) in [5.74, 6) is -0.955. The second-order valence-electron chi connectivity index (χ2n) is 5.55. The quantitative estimate of drug-likeness (QED) is 0.752. The minimum absolute atomic E-state index is 0.385. The third-order valence-corrected chi connectivity index (χ3v) is 5.55. The smallest absolute Gasteiger partial charge is 0.315 e. The summed E-state index contributed by atoms with van der Waals surface area (Å²) in [6.45, 7) is 6.97. The van der Waals surface area contributed by atoms with Crippen LogP contribution in [0.15, 0.2) is 15.9 Å². The monoisotopic (exact) mass is 362 g/mol. The molecule has 2 amide bonds. The number of carboxylic acids is 1. The van der Waals surface area contributed by atoms with Gasteiger partial charge in [0.25, 0.3) is 0 Å². The van der Waals surface area contributed by atoms with Crippen molar-refractivity contribution in [2.24, 2.45) is 5.41 Å². The lowest BCUT2D eigenvalue weighted by atomic mass is 9.74. The van der Waals surface area contributed by atoms with E-state index in [1.807, 2.05) is 11.4 Å². The standard InChI is InChI=1S/C13H19BrN2O3S/c1-12(2,10(17)18)13(3,4)16-11(19)15-7-9-8(14)5-6-20-9/h5-6H,7H2,1-4H3,(H,17,18)(H2,15,16,19). The molecule has 0 bridgehead atoms. The summed E-state index contributed by atoms with van der Waals surface area (Å²) in [4.78, 5) is 24.2. The maximum atomic E-state index is 11.9. The molecule has 0 fully saturated rings. The fourth-order valence-electron chi connectivity index (χ4n) is 1.36. The summed E-state index contributed by atoms with van der Waals surface area (Å²) in [5, 5.41) is 16.6. The first-order valence-electron chi connectivity index (χ1n) is 6.09. The van der Waals surface area contributed by atoms with Crippen LogP contribution in [0.4, 0.5) is 4.79 Å². The molecular formula is C13H19BrN2O3S. The number of rotatable bonds is 5. The summed E-state index contributed by atoms with van der Waals surface area (Å²) in [6.07, 6.45) is 0. The van der Waals surface area contributed by atoms with E-state index in [9.17, 15) is 14.7 Å². The van der Waals surface area contributed by atoms with E-state index in [0.717, 1.165) is 9.35 Å². The van der Waals surface area contributed by atoms with Crippen molar-refractivity contribution in [1.82, 2.24) is 10.6 Å². The first-order valence-corrected chi connectivity index (χ1v) is 7.76. The van der Waals surface area contributed by atoms with Crippen molar-refractivity contribution < 1.29 is 14.7 Å². The normalized spacial score (nSPS) is 12.1. The Morgan fingerprint density at radius 3 is 2.40 bits per heavy atom. The largest absolute Gasteiger partial charge is 0.481 e. The molecule has 0 saturated carbocycles. The summed E-state index contributed by atoms with van der Waals surface area (Å²) >= 11 is 4.93. The molecule has 0 spiro atoms. The van der Waals surface area contributed by atoms with Crippen molar-refractivity contribution in [2.45, 2.75) is 39.8 Å². The van der Waals surface area contributed by atoms with Gasteiger partial charge in [0.05, 0.1) is 17.5 Å². The van der Waals surface area contributed by atoms with Crippen molar-refractivity contribution in [1.29, 1.82) is 0 Å². The maximum Gasteiger partial charge on any atom is 0.315 e. The van der Waals surface area contributed by atoms with Crippen LogP contribution < -0.4 is 10.6 Å². The van der Waals surface area contributed by atoms with Gasteiger partial charge in [-0.2, -0.15) is 0 Å². The van der Waals surface area contributed by atoms with Gasteiger partial charge in [-0.15, -0.1) is 11.3 Å². The lowest BCUT2D eigenvalue weighted by Crippen LogP contribution is -2.58. The Morgan fingerprint density at radius 1 is 1.35 bits per heavy atom. The molecule has 0 aromatic carbocycles. The van der Waals surface area contributed by atoms with Crippen LogP contribution in [-0.4, -0.2) is 22.6 Å². The van der Waals surface area contributed by atoms with E-state index in [2.05, 4.69) is 26.6 Å². The SMILES string of the molecule is CC(C)(NC(=O)NCc1sccc1Br)C(C)(C)C(=O)O. The van der Waals surface area contributed by atoms with Gasteiger partial charge in [-0.1, -0.05) is 0 Å². The van der Waals surface area contributed by atoms with Crippen molar-refractivity contribution in [2.75, 3.05) is 0 Å². The summed E-state index contributed by atoms with van der Waals surface area (Å²) < 4.78 is 0.952. The van der Waals surface area contributed by atoms with Gasteiger partial charge >= 0.3 is 12.0 Å². The van der Waals surface area contributed by atoms with Crippen molar-refractivity contribution in [3.05, 3.63) is 20.8 Å². The lowest BCUT2D eigenvalue weighted by Gasteiger charge is -2.38. The van der Waals surface area contributed by atoms with Crippen LogP contribution >= 0.6 is 27.3 Å². The van der Waals surface area contributed by atoms with E-state index in [-0.39, 0.29) is 6.03 Å². The topological polar surface area (TPSA) is 78.4 Å². The highest BCUT2D eigenvalue weighted by Crippen LogP contribution is 2.30. The number of nitrogens with one attached hydrogen (secondary N) is 2. The van der Waals surface area contributed by atoms with Crippen molar-refractivity contribution in [3.8, 4) is 0 Å². The second-order valence-corrected chi connectivity index (χ2v) is 7.41. The van der Waals surface area contributed by atoms with E-state index in [4.69, 9.17) is 0 Å². The Hall–Kier alpha value is -1.08. The zero-order valence-corrected chi connectivity index (χ0v) is 14.3. The van der Waals surface area contributed by atoms with Crippen LogP contribution in [0, 0.1) is 5.41 Å². The fraction of sp³-hybridized carbons (Fsp3) is 0.538. The number of aliphatic carboxylic acids is 1. The van der Waals surface area contributed by atoms with Gasteiger partial charge in [-0.05, 0) is 55.1 Å². The third-order valence-electron chi connectivity index (χ3n) is 3.62. The zero-order chi connectivity index (χ0) is 15.6. The third kappa shape index (κ3) is 3.73. The van der Waals surface area contributed by atoms with Gasteiger partial charge in [0.1, 0.15) is 0 Å². The molecular weight excluding hydrogens is 344 g/mol. The van der Waals surface area contributed by atoms with Crippen molar-refractivity contribution in [3.63, 3.8) is 0 Å². The number of carbonyl (C=O) groups excluding carboxylic acids is 1. The Labute approximate surface area is 130 Å². The predicted molar refractivity (Wildman–Crippen MR) is 82.9 cm³/mol.